The second kappa shape index (κ2) is 4.24. The summed E-state index contributed by atoms with van der Waals surface area (Å²) in [6, 6.07) is -0.579. The molecule has 0 aromatic heterocycles. The lowest BCUT2D eigenvalue weighted by atomic mass is 10.1. The van der Waals surface area contributed by atoms with E-state index in [-0.39, 0.29) is 0 Å². The van der Waals surface area contributed by atoms with E-state index in [0.29, 0.717) is 12.3 Å². The Balaban J connectivity index is 3.61. The molecule has 0 radical (unpaired) electrons. The van der Waals surface area contributed by atoms with Crippen LogP contribution in [0, 0.1) is 5.92 Å². The summed E-state index contributed by atoms with van der Waals surface area (Å²) >= 11 is 0. The van der Waals surface area contributed by atoms with Crippen molar-refractivity contribution in [2.45, 2.75) is 26.3 Å². The molecule has 0 aromatic carbocycles. The third-order valence-electron chi connectivity index (χ3n) is 1.14. The van der Waals surface area contributed by atoms with Gasteiger partial charge in [0.15, 0.2) is 0 Å². The lowest BCUT2D eigenvalue weighted by Gasteiger charge is -2.09. The Morgan fingerprint density at radius 2 is 2.10 bits per heavy atom. The van der Waals surface area contributed by atoms with Gasteiger partial charge in [-0.05, 0) is 12.3 Å². The fourth-order valence-electron chi connectivity index (χ4n) is 0.691. The van der Waals surface area contributed by atoms with Crippen LogP contribution in [0.1, 0.15) is 20.3 Å². The van der Waals surface area contributed by atoms with Crippen molar-refractivity contribution < 1.29 is 9.63 Å². The van der Waals surface area contributed by atoms with Crippen LogP contribution in [-0.4, -0.2) is 12.0 Å². The molecule has 0 heterocycles. The molecule has 4 heteroatoms. The molecule has 10 heavy (non-hydrogen) atoms. The zero-order valence-electron chi connectivity index (χ0n) is 6.33. The first-order chi connectivity index (χ1) is 4.57. The van der Waals surface area contributed by atoms with Gasteiger partial charge in [-0.1, -0.05) is 13.8 Å². The van der Waals surface area contributed by atoms with Crippen LogP contribution in [0.2, 0.25) is 0 Å². The zero-order valence-corrected chi connectivity index (χ0v) is 6.33. The summed E-state index contributed by atoms with van der Waals surface area (Å²) in [6.07, 6.45) is 0.607. The van der Waals surface area contributed by atoms with E-state index in [1.165, 1.54) is 0 Å². The summed E-state index contributed by atoms with van der Waals surface area (Å²) in [6.45, 7) is 3.95. The van der Waals surface area contributed by atoms with Gasteiger partial charge in [0.1, 0.15) is 6.04 Å². The Morgan fingerprint density at radius 3 is 2.40 bits per heavy atom. The highest BCUT2D eigenvalue weighted by Crippen LogP contribution is 2.02. The van der Waals surface area contributed by atoms with Gasteiger partial charge in [0, 0.05) is 0 Å². The molecule has 1 atom stereocenters. The molecular formula is C6H14N2O2. The van der Waals surface area contributed by atoms with E-state index < -0.39 is 12.0 Å². The maximum absolute atomic E-state index is 10.6. The summed E-state index contributed by atoms with van der Waals surface area (Å²) in [5, 5.41) is 0. The molecule has 0 aromatic rings. The minimum absolute atomic E-state index is 0.383. The molecule has 0 amide bonds. The van der Waals surface area contributed by atoms with Crippen LogP contribution in [0.5, 0.6) is 0 Å². The maximum Gasteiger partial charge on any atom is 0.341 e. The average molecular weight is 146 g/mol. The number of carbonyl (C=O) groups excluding carboxylic acids is 1. The molecule has 0 spiro atoms. The van der Waals surface area contributed by atoms with Gasteiger partial charge < -0.3 is 10.6 Å². The third kappa shape index (κ3) is 3.42. The first-order valence-corrected chi connectivity index (χ1v) is 3.24. The van der Waals surface area contributed by atoms with Crippen molar-refractivity contribution in [2.75, 3.05) is 0 Å². The molecule has 0 aliphatic rings. The van der Waals surface area contributed by atoms with E-state index in [9.17, 15) is 4.79 Å². The van der Waals surface area contributed by atoms with E-state index in [4.69, 9.17) is 5.73 Å². The molecule has 0 rings (SSSR count). The normalized spacial score (nSPS) is 13.3. The second-order valence-electron chi connectivity index (χ2n) is 2.67. The predicted molar refractivity (Wildman–Crippen MR) is 37.7 cm³/mol. The van der Waals surface area contributed by atoms with Crippen molar-refractivity contribution in [1.29, 1.82) is 0 Å². The van der Waals surface area contributed by atoms with Gasteiger partial charge in [-0.25, -0.2) is 4.79 Å². The second-order valence-corrected chi connectivity index (χ2v) is 2.67. The van der Waals surface area contributed by atoms with Gasteiger partial charge in [0.05, 0.1) is 0 Å². The van der Waals surface area contributed by atoms with Crippen molar-refractivity contribution in [3.63, 3.8) is 0 Å². The molecule has 4 nitrogen and oxygen atoms in total. The van der Waals surface area contributed by atoms with Gasteiger partial charge >= 0.3 is 5.97 Å². The van der Waals surface area contributed by atoms with Crippen molar-refractivity contribution in [1.82, 2.24) is 0 Å². The Morgan fingerprint density at radius 1 is 1.60 bits per heavy atom. The van der Waals surface area contributed by atoms with Crippen molar-refractivity contribution in [3.05, 3.63) is 0 Å². The lowest BCUT2D eigenvalue weighted by Crippen LogP contribution is -2.34. The molecule has 0 aliphatic heterocycles. The summed E-state index contributed by atoms with van der Waals surface area (Å²) < 4.78 is 0. The number of carbonyl (C=O) groups is 1. The van der Waals surface area contributed by atoms with Gasteiger partial charge in [-0.15, -0.1) is 0 Å². The Bertz CT molecular complexity index is 114. The SMILES string of the molecule is CC(C)C[C@H](N)C(=O)ON. The van der Waals surface area contributed by atoms with Crippen molar-refractivity contribution in [3.8, 4) is 0 Å². The molecule has 0 aliphatic carbocycles. The van der Waals surface area contributed by atoms with Crippen LogP contribution in [0.25, 0.3) is 0 Å². The molecule has 0 saturated carbocycles. The minimum atomic E-state index is -0.579. The topological polar surface area (TPSA) is 78.3 Å². The van der Waals surface area contributed by atoms with Crippen LogP contribution >= 0.6 is 0 Å². The smallest absolute Gasteiger partial charge is 0.341 e. The highest BCUT2D eigenvalue weighted by atomic mass is 16.7. The van der Waals surface area contributed by atoms with E-state index >= 15 is 0 Å². The number of nitrogens with two attached hydrogens (primary N) is 2. The van der Waals surface area contributed by atoms with Crippen LogP contribution in [0.4, 0.5) is 0 Å². The molecule has 0 unspecified atom stereocenters. The zero-order chi connectivity index (χ0) is 8.15. The fourth-order valence-corrected chi connectivity index (χ4v) is 0.691. The van der Waals surface area contributed by atoms with Crippen molar-refractivity contribution >= 4 is 5.97 Å². The van der Waals surface area contributed by atoms with Crippen LogP contribution < -0.4 is 11.6 Å². The van der Waals surface area contributed by atoms with Gasteiger partial charge in [-0.3, -0.25) is 0 Å². The van der Waals surface area contributed by atoms with E-state index in [0.717, 1.165) is 0 Å². The third-order valence-corrected chi connectivity index (χ3v) is 1.14. The lowest BCUT2D eigenvalue weighted by molar-refractivity contribution is -0.146. The van der Waals surface area contributed by atoms with E-state index in [2.05, 4.69) is 10.7 Å². The Kier molecular flexibility index (Phi) is 3.99. The molecule has 60 valence electrons. The predicted octanol–water partition coefficient (Wildman–Crippen LogP) is -0.223. The minimum Gasteiger partial charge on any atom is -0.372 e. The van der Waals surface area contributed by atoms with Gasteiger partial charge in [0.2, 0.25) is 0 Å². The number of rotatable bonds is 3. The molecule has 0 saturated heterocycles. The number of hydrogen-bond acceptors (Lipinski definition) is 4. The Hall–Kier alpha value is -0.610. The monoisotopic (exact) mass is 146 g/mol. The van der Waals surface area contributed by atoms with Crippen LogP contribution in [0.15, 0.2) is 0 Å². The highest BCUT2D eigenvalue weighted by Gasteiger charge is 2.14. The number of hydrogen-bond donors (Lipinski definition) is 2. The summed E-state index contributed by atoms with van der Waals surface area (Å²) in [5.41, 5.74) is 5.37. The maximum atomic E-state index is 10.6. The standard InChI is InChI=1S/C6H14N2O2/c1-4(2)3-5(7)6(9)10-8/h4-5H,3,7-8H2,1-2H3/t5-/m0/s1. The first kappa shape index (κ1) is 9.39. The molecule has 0 fully saturated rings. The van der Waals surface area contributed by atoms with Crippen molar-refractivity contribution in [2.24, 2.45) is 17.5 Å². The highest BCUT2D eigenvalue weighted by molar-refractivity contribution is 5.74. The average Bonchev–Trinajstić information content (AvgIpc) is 1.85. The summed E-state index contributed by atoms with van der Waals surface area (Å²) in [5.74, 6) is 4.46. The van der Waals surface area contributed by atoms with Gasteiger partial charge in [-0.2, -0.15) is 5.90 Å². The molecular weight excluding hydrogens is 132 g/mol. The quantitative estimate of drug-likeness (QED) is 0.539. The first-order valence-electron chi connectivity index (χ1n) is 3.24. The van der Waals surface area contributed by atoms with E-state index in [1.54, 1.807) is 0 Å². The fraction of sp³-hybridized carbons (Fsp3) is 0.833. The molecule has 4 N–H and O–H groups in total. The molecule has 0 bridgehead atoms. The van der Waals surface area contributed by atoms with Crippen LogP contribution in [0.3, 0.4) is 0 Å². The van der Waals surface area contributed by atoms with Gasteiger partial charge in [0.25, 0.3) is 0 Å². The van der Waals surface area contributed by atoms with Crippen LogP contribution in [-0.2, 0) is 9.63 Å². The summed E-state index contributed by atoms with van der Waals surface area (Å²) in [4.78, 5) is 14.5. The summed E-state index contributed by atoms with van der Waals surface area (Å²) in [7, 11) is 0. The largest absolute Gasteiger partial charge is 0.372 e. The Labute approximate surface area is 60.5 Å². The van der Waals surface area contributed by atoms with E-state index in [1.807, 2.05) is 13.8 Å².